The molecule has 3 nitrogen and oxygen atoms in total. The van der Waals surface area contributed by atoms with Crippen molar-refractivity contribution in [3.8, 4) is 0 Å². The van der Waals surface area contributed by atoms with Crippen LogP contribution in [0.3, 0.4) is 0 Å². The van der Waals surface area contributed by atoms with Crippen LogP contribution in [-0.2, 0) is 9.84 Å². The molecule has 0 bridgehead atoms. The fourth-order valence-corrected chi connectivity index (χ4v) is 3.94. The first-order valence-corrected chi connectivity index (χ1v) is 8.95. The second-order valence-corrected chi connectivity index (χ2v) is 9.05. The van der Waals surface area contributed by atoms with Crippen LogP contribution in [-0.4, -0.2) is 32.0 Å². The molecule has 0 spiro atoms. The van der Waals surface area contributed by atoms with E-state index in [1.165, 1.54) is 6.42 Å². The molecule has 2 unspecified atom stereocenters. The van der Waals surface area contributed by atoms with Gasteiger partial charge < -0.3 is 5.32 Å². The van der Waals surface area contributed by atoms with Crippen molar-refractivity contribution in [1.82, 2.24) is 5.32 Å². The van der Waals surface area contributed by atoms with Crippen LogP contribution in [0.15, 0.2) is 0 Å². The zero-order valence-electron chi connectivity index (χ0n) is 12.3. The van der Waals surface area contributed by atoms with E-state index in [0.717, 1.165) is 32.2 Å². The summed E-state index contributed by atoms with van der Waals surface area (Å²) in [5, 5.41) is 3.32. The number of rotatable bonds is 7. The second-order valence-electron chi connectivity index (χ2n) is 6.37. The minimum Gasteiger partial charge on any atom is -0.314 e. The molecular formula is C14H29NO2S. The molecule has 4 heteroatoms. The predicted octanol–water partition coefficient (Wildman–Crippen LogP) is 2.76. The van der Waals surface area contributed by atoms with Crippen molar-refractivity contribution in [2.45, 2.75) is 71.1 Å². The normalized spacial score (nSPS) is 29.1. The first-order chi connectivity index (χ1) is 8.29. The summed E-state index contributed by atoms with van der Waals surface area (Å²) in [7, 11) is -2.88. The molecule has 2 atom stereocenters. The molecule has 1 aliphatic rings. The highest BCUT2D eigenvalue weighted by Gasteiger charge is 2.35. The molecule has 0 aromatic heterocycles. The molecule has 1 rings (SSSR count). The van der Waals surface area contributed by atoms with Crippen molar-refractivity contribution in [1.29, 1.82) is 0 Å². The van der Waals surface area contributed by atoms with Crippen molar-refractivity contribution in [2.75, 3.05) is 12.3 Å². The van der Waals surface area contributed by atoms with Crippen LogP contribution in [0.1, 0.15) is 59.8 Å². The van der Waals surface area contributed by atoms with Crippen LogP contribution in [0.5, 0.6) is 0 Å². The zero-order chi connectivity index (χ0) is 13.8. The summed E-state index contributed by atoms with van der Waals surface area (Å²) < 4.78 is 23.7. The highest BCUT2D eigenvalue weighted by atomic mass is 32.2. The van der Waals surface area contributed by atoms with Crippen LogP contribution in [0.4, 0.5) is 0 Å². The molecule has 0 aromatic rings. The number of sulfone groups is 1. The quantitative estimate of drug-likeness (QED) is 0.777. The third-order valence-corrected chi connectivity index (χ3v) is 6.44. The van der Waals surface area contributed by atoms with E-state index in [-0.39, 0.29) is 10.7 Å². The topological polar surface area (TPSA) is 46.2 Å². The van der Waals surface area contributed by atoms with E-state index in [1.807, 2.05) is 0 Å². The molecule has 0 heterocycles. The molecule has 1 fully saturated rings. The number of hydrogen-bond donors (Lipinski definition) is 1. The van der Waals surface area contributed by atoms with Crippen molar-refractivity contribution in [2.24, 2.45) is 5.41 Å². The molecule has 0 radical (unpaired) electrons. The first kappa shape index (κ1) is 16.0. The van der Waals surface area contributed by atoms with Gasteiger partial charge in [0.2, 0.25) is 0 Å². The molecular weight excluding hydrogens is 246 g/mol. The lowest BCUT2D eigenvalue weighted by molar-refractivity contribution is 0.312. The van der Waals surface area contributed by atoms with Gasteiger partial charge in [0, 0.05) is 6.04 Å². The van der Waals surface area contributed by atoms with Crippen LogP contribution >= 0.6 is 0 Å². The van der Waals surface area contributed by atoms with Gasteiger partial charge in [0.1, 0.15) is 0 Å². The van der Waals surface area contributed by atoms with Crippen LogP contribution < -0.4 is 5.32 Å². The summed E-state index contributed by atoms with van der Waals surface area (Å²) in [6, 6.07) is 0.594. The van der Waals surface area contributed by atoms with Gasteiger partial charge in [0.15, 0.2) is 9.84 Å². The van der Waals surface area contributed by atoms with Gasteiger partial charge in [-0.2, -0.15) is 0 Å². The Morgan fingerprint density at radius 3 is 2.61 bits per heavy atom. The standard InChI is InChI=1S/C14H29NO2S/c1-5-9-15-13-6-7-14(4,11-13)8-10-18(16,17)12(2)3/h12-13,15H,5-11H2,1-4H3. The largest absolute Gasteiger partial charge is 0.314 e. The summed E-state index contributed by atoms with van der Waals surface area (Å²) in [6.07, 6.45) is 5.45. The Morgan fingerprint density at radius 2 is 2.06 bits per heavy atom. The average Bonchev–Trinajstić information content (AvgIpc) is 2.67. The minimum absolute atomic E-state index is 0.216. The Kier molecular flexibility index (Phi) is 5.66. The third kappa shape index (κ3) is 4.54. The van der Waals surface area contributed by atoms with E-state index in [1.54, 1.807) is 13.8 Å². The number of hydrogen-bond acceptors (Lipinski definition) is 3. The molecule has 1 N–H and O–H groups in total. The van der Waals surface area contributed by atoms with E-state index in [9.17, 15) is 8.42 Å². The molecule has 108 valence electrons. The smallest absolute Gasteiger partial charge is 0.152 e. The van der Waals surface area contributed by atoms with Gasteiger partial charge >= 0.3 is 0 Å². The number of nitrogens with one attached hydrogen (secondary N) is 1. The molecule has 1 saturated carbocycles. The summed E-state index contributed by atoms with van der Waals surface area (Å²) >= 11 is 0. The van der Waals surface area contributed by atoms with Crippen molar-refractivity contribution < 1.29 is 8.42 Å². The van der Waals surface area contributed by atoms with Crippen molar-refractivity contribution in [3.63, 3.8) is 0 Å². The lowest BCUT2D eigenvalue weighted by Gasteiger charge is -2.24. The van der Waals surface area contributed by atoms with Crippen molar-refractivity contribution >= 4 is 9.84 Å². The Morgan fingerprint density at radius 1 is 1.39 bits per heavy atom. The Labute approximate surface area is 113 Å². The second kappa shape index (κ2) is 6.38. The van der Waals surface area contributed by atoms with Crippen LogP contribution in [0.25, 0.3) is 0 Å². The lowest BCUT2D eigenvalue weighted by Crippen LogP contribution is -2.29. The predicted molar refractivity (Wildman–Crippen MR) is 77.6 cm³/mol. The van der Waals surface area contributed by atoms with Crippen LogP contribution in [0, 0.1) is 5.41 Å². The third-order valence-electron chi connectivity index (χ3n) is 4.23. The summed E-state index contributed by atoms with van der Waals surface area (Å²) in [4.78, 5) is 0. The molecule has 0 aliphatic heterocycles. The van der Waals surface area contributed by atoms with E-state index >= 15 is 0 Å². The van der Waals surface area contributed by atoms with E-state index in [0.29, 0.717) is 11.8 Å². The SMILES string of the molecule is CCCNC1CCC(C)(CCS(=O)(=O)C(C)C)C1. The van der Waals surface area contributed by atoms with Gasteiger partial charge in [-0.1, -0.05) is 13.8 Å². The first-order valence-electron chi connectivity index (χ1n) is 7.24. The highest BCUT2D eigenvalue weighted by molar-refractivity contribution is 7.91. The van der Waals surface area contributed by atoms with Crippen molar-refractivity contribution in [3.05, 3.63) is 0 Å². The van der Waals surface area contributed by atoms with Gasteiger partial charge in [-0.05, 0) is 57.9 Å². The maximum Gasteiger partial charge on any atom is 0.152 e. The summed E-state index contributed by atoms with van der Waals surface area (Å²) in [6.45, 7) is 9.05. The fraction of sp³-hybridized carbons (Fsp3) is 1.00. The molecule has 0 amide bonds. The minimum atomic E-state index is -2.88. The molecule has 0 aromatic carbocycles. The fourth-order valence-electron chi connectivity index (χ4n) is 2.70. The maximum absolute atomic E-state index is 11.9. The van der Waals surface area contributed by atoms with E-state index in [4.69, 9.17) is 0 Å². The van der Waals surface area contributed by atoms with E-state index < -0.39 is 9.84 Å². The zero-order valence-corrected chi connectivity index (χ0v) is 13.1. The monoisotopic (exact) mass is 275 g/mol. The van der Waals surface area contributed by atoms with Gasteiger partial charge in [-0.25, -0.2) is 8.42 Å². The van der Waals surface area contributed by atoms with Gasteiger partial charge in [-0.15, -0.1) is 0 Å². The molecule has 0 saturated heterocycles. The van der Waals surface area contributed by atoms with Gasteiger partial charge in [0.25, 0.3) is 0 Å². The molecule has 18 heavy (non-hydrogen) atoms. The summed E-state index contributed by atoms with van der Waals surface area (Å²) in [5.74, 6) is 0.349. The van der Waals surface area contributed by atoms with Gasteiger partial charge in [-0.3, -0.25) is 0 Å². The Hall–Kier alpha value is -0.0900. The lowest BCUT2D eigenvalue weighted by atomic mass is 9.86. The maximum atomic E-state index is 11.9. The molecule has 1 aliphatic carbocycles. The summed E-state index contributed by atoms with van der Waals surface area (Å²) in [5.41, 5.74) is 0.216. The van der Waals surface area contributed by atoms with E-state index in [2.05, 4.69) is 19.2 Å². The van der Waals surface area contributed by atoms with Crippen LogP contribution in [0.2, 0.25) is 0 Å². The Balaban J connectivity index is 2.43. The highest BCUT2D eigenvalue weighted by Crippen LogP contribution is 2.41. The Bertz CT molecular complexity index is 351. The van der Waals surface area contributed by atoms with Gasteiger partial charge in [0.05, 0.1) is 11.0 Å². The average molecular weight is 275 g/mol.